The molecular formula is C54H34. The number of fused-ring (bicyclic) bond motifs is 8. The van der Waals surface area contributed by atoms with Crippen molar-refractivity contribution in [2.75, 3.05) is 0 Å². The minimum Gasteiger partial charge on any atom is -0.0622 e. The molecule has 0 nitrogen and oxygen atoms in total. The maximum Gasteiger partial charge on any atom is -0.00199 e. The molecule has 0 saturated heterocycles. The van der Waals surface area contributed by atoms with Gasteiger partial charge in [0.05, 0.1) is 0 Å². The summed E-state index contributed by atoms with van der Waals surface area (Å²) in [5.74, 6) is 0. The lowest BCUT2D eigenvalue weighted by atomic mass is 9.82. The SMILES string of the molecule is c1ccc(-c2ccc3c(-c4cc5ccccc5c5ccccc45)c4ccccc4c(-c4ccc(-c5cc6ccccc6c6ccccc56)cc4)c3c2)cc1. The minimum atomic E-state index is 1.21. The molecular weight excluding hydrogens is 649 g/mol. The third-order valence-corrected chi connectivity index (χ3v) is 11.4. The van der Waals surface area contributed by atoms with Gasteiger partial charge < -0.3 is 0 Å². The average Bonchev–Trinajstić information content (AvgIpc) is 3.25. The summed E-state index contributed by atoms with van der Waals surface area (Å²) in [4.78, 5) is 0. The number of hydrogen-bond donors (Lipinski definition) is 0. The van der Waals surface area contributed by atoms with E-state index >= 15 is 0 Å². The second-order valence-corrected chi connectivity index (χ2v) is 14.4. The van der Waals surface area contributed by atoms with Gasteiger partial charge in [0.1, 0.15) is 0 Å². The molecule has 250 valence electrons. The first-order valence-electron chi connectivity index (χ1n) is 18.8. The van der Waals surface area contributed by atoms with Crippen LogP contribution in [-0.2, 0) is 0 Å². The van der Waals surface area contributed by atoms with Crippen LogP contribution in [0.2, 0.25) is 0 Å². The third-order valence-electron chi connectivity index (χ3n) is 11.4. The van der Waals surface area contributed by atoms with Crippen molar-refractivity contribution in [3.8, 4) is 44.5 Å². The van der Waals surface area contributed by atoms with Crippen molar-refractivity contribution in [2.24, 2.45) is 0 Å². The lowest BCUT2D eigenvalue weighted by molar-refractivity contribution is 1.63. The molecule has 0 heterocycles. The highest BCUT2D eigenvalue weighted by molar-refractivity contribution is 6.26. The van der Waals surface area contributed by atoms with Crippen molar-refractivity contribution in [3.05, 3.63) is 206 Å². The van der Waals surface area contributed by atoms with Gasteiger partial charge in [-0.1, -0.05) is 188 Å². The highest BCUT2D eigenvalue weighted by Gasteiger charge is 2.20. The zero-order valence-electron chi connectivity index (χ0n) is 29.6. The van der Waals surface area contributed by atoms with E-state index in [1.165, 1.54) is 109 Å². The lowest BCUT2D eigenvalue weighted by Gasteiger charge is -2.20. The maximum absolute atomic E-state index is 2.42. The summed E-state index contributed by atoms with van der Waals surface area (Å²) in [6.07, 6.45) is 0. The smallest absolute Gasteiger partial charge is 0.00199 e. The topological polar surface area (TPSA) is 0 Å². The van der Waals surface area contributed by atoms with Crippen LogP contribution in [0.3, 0.4) is 0 Å². The van der Waals surface area contributed by atoms with E-state index < -0.39 is 0 Å². The molecule has 0 radical (unpaired) electrons. The van der Waals surface area contributed by atoms with E-state index in [1.807, 2.05) is 0 Å². The lowest BCUT2D eigenvalue weighted by Crippen LogP contribution is -1.93. The van der Waals surface area contributed by atoms with Crippen LogP contribution < -0.4 is 0 Å². The van der Waals surface area contributed by atoms with Crippen LogP contribution in [0.1, 0.15) is 0 Å². The predicted molar refractivity (Wildman–Crippen MR) is 233 cm³/mol. The van der Waals surface area contributed by atoms with Gasteiger partial charge in [0.15, 0.2) is 0 Å². The van der Waals surface area contributed by atoms with Crippen molar-refractivity contribution >= 4 is 64.6 Å². The van der Waals surface area contributed by atoms with Crippen LogP contribution in [0, 0.1) is 0 Å². The Bertz CT molecular complexity index is 3240. The summed E-state index contributed by atoms with van der Waals surface area (Å²) < 4.78 is 0. The van der Waals surface area contributed by atoms with E-state index in [4.69, 9.17) is 0 Å². The molecule has 11 aromatic carbocycles. The van der Waals surface area contributed by atoms with Gasteiger partial charge in [-0.05, 0) is 127 Å². The number of benzene rings is 11. The van der Waals surface area contributed by atoms with Crippen LogP contribution in [0.5, 0.6) is 0 Å². The molecule has 0 aliphatic carbocycles. The van der Waals surface area contributed by atoms with Gasteiger partial charge in [-0.25, -0.2) is 0 Å². The highest BCUT2D eigenvalue weighted by Crippen LogP contribution is 2.48. The molecule has 0 unspecified atom stereocenters. The van der Waals surface area contributed by atoms with Crippen molar-refractivity contribution in [3.63, 3.8) is 0 Å². The van der Waals surface area contributed by atoms with Crippen molar-refractivity contribution < 1.29 is 0 Å². The Hall–Kier alpha value is -7.02. The van der Waals surface area contributed by atoms with Crippen molar-refractivity contribution in [1.82, 2.24) is 0 Å². The van der Waals surface area contributed by atoms with E-state index in [0.29, 0.717) is 0 Å². The van der Waals surface area contributed by atoms with Gasteiger partial charge in [-0.15, -0.1) is 0 Å². The zero-order chi connectivity index (χ0) is 35.6. The van der Waals surface area contributed by atoms with E-state index in [1.54, 1.807) is 0 Å². The summed E-state index contributed by atoms with van der Waals surface area (Å²) in [6.45, 7) is 0. The first-order chi connectivity index (χ1) is 26.8. The molecule has 0 N–H and O–H groups in total. The van der Waals surface area contributed by atoms with Gasteiger partial charge >= 0.3 is 0 Å². The highest BCUT2D eigenvalue weighted by atomic mass is 14.2. The van der Waals surface area contributed by atoms with E-state index in [-0.39, 0.29) is 0 Å². The summed E-state index contributed by atoms with van der Waals surface area (Å²) in [5.41, 5.74) is 9.94. The standard InChI is InChI=1S/C54H34/c1-2-14-35(15-3-1)38-30-31-49-52(32-38)53(37-28-26-36(27-29-37)50-33-39-16-4-6-18-41(39)43-20-8-10-22-45(43)50)47-24-12-13-25-48(47)54(49)51-34-40-17-5-7-19-42(40)44-21-9-11-23-46(44)51/h1-34H. The summed E-state index contributed by atoms with van der Waals surface area (Å²) in [7, 11) is 0. The molecule has 0 fully saturated rings. The minimum absolute atomic E-state index is 1.21. The Morgan fingerprint density at radius 1 is 0.185 bits per heavy atom. The van der Waals surface area contributed by atoms with E-state index in [9.17, 15) is 0 Å². The van der Waals surface area contributed by atoms with Crippen LogP contribution in [0.15, 0.2) is 206 Å². The van der Waals surface area contributed by atoms with Crippen molar-refractivity contribution in [1.29, 1.82) is 0 Å². The molecule has 54 heavy (non-hydrogen) atoms. The Morgan fingerprint density at radius 3 is 1.24 bits per heavy atom. The average molecular weight is 683 g/mol. The predicted octanol–water partition coefficient (Wildman–Crippen LogP) is 15.3. The van der Waals surface area contributed by atoms with Crippen LogP contribution in [0.25, 0.3) is 109 Å². The Morgan fingerprint density at radius 2 is 0.611 bits per heavy atom. The Kier molecular flexibility index (Phi) is 6.97. The normalized spacial score (nSPS) is 11.7. The maximum atomic E-state index is 2.42. The van der Waals surface area contributed by atoms with Gasteiger partial charge in [-0.2, -0.15) is 0 Å². The molecule has 0 bridgehead atoms. The van der Waals surface area contributed by atoms with Gasteiger partial charge in [0.2, 0.25) is 0 Å². The molecule has 0 aliphatic heterocycles. The second kappa shape index (κ2) is 12.3. The fraction of sp³-hybridized carbons (Fsp3) is 0. The van der Waals surface area contributed by atoms with Crippen LogP contribution in [0.4, 0.5) is 0 Å². The number of hydrogen-bond acceptors (Lipinski definition) is 0. The zero-order valence-corrected chi connectivity index (χ0v) is 29.6. The molecule has 0 amide bonds. The summed E-state index contributed by atoms with van der Waals surface area (Å²) in [6, 6.07) is 76.1. The molecule has 0 spiro atoms. The monoisotopic (exact) mass is 682 g/mol. The Balaban J connectivity index is 1.20. The largest absolute Gasteiger partial charge is 0.0622 e. The van der Waals surface area contributed by atoms with Crippen LogP contribution >= 0.6 is 0 Å². The van der Waals surface area contributed by atoms with Gasteiger partial charge in [0.25, 0.3) is 0 Å². The van der Waals surface area contributed by atoms with Crippen molar-refractivity contribution in [2.45, 2.75) is 0 Å². The Labute approximate surface area is 314 Å². The van der Waals surface area contributed by atoms with Gasteiger partial charge in [-0.3, -0.25) is 0 Å². The third kappa shape index (κ3) is 4.78. The fourth-order valence-electron chi connectivity index (χ4n) is 8.96. The fourth-order valence-corrected chi connectivity index (χ4v) is 8.96. The molecule has 0 saturated carbocycles. The first kappa shape index (κ1) is 30.6. The molecule has 0 aliphatic rings. The first-order valence-corrected chi connectivity index (χ1v) is 18.8. The second-order valence-electron chi connectivity index (χ2n) is 14.4. The summed E-state index contributed by atoms with van der Waals surface area (Å²) >= 11 is 0. The molecule has 0 aromatic heterocycles. The van der Waals surface area contributed by atoms with E-state index in [0.717, 1.165) is 0 Å². The molecule has 0 atom stereocenters. The van der Waals surface area contributed by atoms with E-state index in [2.05, 4.69) is 206 Å². The van der Waals surface area contributed by atoms with Gasteiger partial charge in [0, 0.05) is 0 Å². The quantitative estimate of drug-likeness (QED) is 0.128. The molecule has 11 rings (SSSR count). The summed E-state index contributed by atoms with van der Waals surface area (Å²) in [5, 5.41) is 15.2. The van der Waals surface area contributed by atoms with Crippen LogP contribution in [-0.4, -0.2) is 0 Å². The number of rotatable bonds is 4. The molecule has 11 aromatic rings. The molecule has 0 heteroatoms.